The summed E-state index contributed by atoms with van der Waals surface area (Å²) in [5, 5.41) is 7.01. The molecule has 1 aliphatic carbocycles. The van der Waals surface area contributed by atoms with Crippen molar-refractivity contribution in [1.82, 2.24) is 15.3 Å². The van der Waals surface area contributed by atoms with E-state index in [9.17, 15) is 0 Å². The second kappa shape index (κ2) is 7.42. The van der Waals surface area contributed by atoms with Crippen molar-refractivity contribution in [2.75, 3.05) is 0 Å². The fourth-order valence-electron chi connectivity index (χ4n) is 3.42. The average Bonchev–Trinajstić information content (AvgIpc) is 3.13. The van der Waals surface area contributed by atoms with Gasteiger partial charge in [0.25, 0.3) is 0 Å². The van der Waals surface area contributed by atoms with E-state index in [4.69, 9.17) is 23.2 Å². The largest absolute Gasteiger partial charge is 0.303 e. The van der Waals surface area contributed by atoms with E-state index in [0.29, 0.717) is 28.5 Å². The van der Waals surface area contributed by atoms with Crippen molar-refractivity contribution in [2.45, 2.75) is 31.3 Å². The van der Waals surface area contributed by atoms with E-state index in [1.54, 1.807) is 12.4 Å². The lowest BCUT2D eigenvalue weighted by atomic mass is 9.82. The number of halogens is 2. The third kappa shape index (κ3) is 3.58. The predicted molar refractivity (Wildman–Crippen MR) is 103 cm³/mol. The van der Waals surface area contributed by atoms with Crippen LogP contribution in [-0.2, 0) is 6.54 Å². The fraction of sp³-hybridized carbons (Fsp3) is 0.263. The minimum absolute atomic E-state index is 0.337. The minimum atomic E-state index is 0.337. The molecule has 4 rings (SSSR count). The van der Waals surface area contributed by atoms with Gasteiger partial charge in [0.05, 0.1) is 16.6 Å². The first-order chi connectivity index (χ1) is 12.2. The lowest BCUT2D eigenvalue weighted by Gasteiger charge is -2.30. The molecule has 3 nitrogen and oxygen atoms in total. The zero-order chi connectivity index (χ0) is 17.2. The van der Waals surface area contributed by atoms with Gasteiger partial charge < -0.3 is 5.32 Å². The van der Waals surface area contributed by atoms with Crippen LogP contribution in [-0.4, -0.2) is 9.97 Å². The van der Waals surface area contributed by atoms with Gasteiger partial charge in [-0.25, -0.2) is 9.97 Å². The number of thiophene rings is 1. The van der Waals surface area contributed by atoms with Crippen LogP contribution < -0.4 is 5.32 Å². The van der Waals surface area contributed by atoms with Gasteiger partial charge in [-0.05, 0) is 53.6 Å². The molecule has 0 saturated carbocycles. The molecular weight excluding hydrogens is 373 g/mol. The summed E-state index contributed by atoms with van der Waals surface area (Å²) in [6.45, 7) is 0.679. The van der Waals surface area contributed by atoms with Crippen molar-refractivity contribution in [1.29, 1.82) is 0 Å². The quantitative estimate of drug-likeness (QED) is 0.630. The van der Waals surface area contributed by atoms with Crippen LogP contribution in [0.1, 0.15) is 46.6 Å². The molecule has 2 aromatic heterocycles. The molecule has 1 N–H and O–H groups in total. The summed E-state index contributed by atoms with van der Waals surface area (Å²) in [4.78, 5) is 9.99. The molecule has 2 heterocycles. The maximum atomic E-state index is 6.23. The number of rotatable bonds is 4. The Morgan fingerprint density at radius 3 is 2.72 bits per heavy atom. The van der Waals surface area contributed by atoms with Gasteiger partial charge in [-0.1, -0.05) is 29.3 Å². The van der Waals surface area contributed by atoms with Crippen molar-refractivity contribution in [2.24, 2.45) is 0 Å². The molecule has 25 heavy (non-hydrogen) atoms. The number of aromatic nitrogens is 2. The van der Waals surface area contributed by atoms with Gasteiger partial charge in [-0.15, -0.1) is 11.3 Å². The first-order valence-corrected chi connectivity index (χ1v) is 9.87. The first kappa shape index (κ1) is 17.0. The van der Waals surface area contributed by atoms with Crippen LogP contribution in [0.25, 0.3) is 0 Å². The molecule has 0 radical (unpaired) electrons. The molecule has 3 aromatic rings. The Balaban J connectivity index is 1.55. The van der Waals surface area contributed by atoms with Crippen molar-refractivity contribution in [3.8, 4) is 0 Å². The van der Waals surface area contributed by atoms with E-state index in [1.165, 1.54) is 16.0 Å². The monoisotopic (exact) mass is 389 g/mol. The molecule has 128 valence electrons. The normalized spacial score (nSPS) is 19.6. The Kier molecular flexibility index (Phi) is 5.04. The Hall–Kier alpha value is -1.46. The maximum Gasteiger partial charge on any atom is 0.141 e. The number of nitrogens with zero attached hydrogens (tertiary/aromatic N) is 2. The van der Waals surface area contributed by atoms with Crippen molar-refractivity contribution in [3.63, 3.8) is 0 Å². The smallest absolute Gasteiger partial charge is 0.141 e. The van der Waals surface area contributed by atoms with Gasteiger partial charge in [0, 0.05) is 29.2 Å². The van der Waals surface area contributed by atoms with Crippen molar-refractivity contribution in [3.05, 3.63) is 80.0 Å². The molecule has 0 aliphatic heterocycles. The Bertz CT molecular complexity index is 866. The van der Waals surface area contributed by atoms with Crippen LogP contribution in [0.4, 0.5) is 0 Å². The molecule has 0 bridgehead atoms. The second-order valence-electron chi connectivity index (χ2n) is 6.14. The summed E-state index contributed by atoms with van der Waals surface area (Å²) < 4.78 is 0. The fourth-order valence-corrected chi connectivity index (χ4v) is 4.85. The van der Waals surface area contributed by atoms with Crippen LogP contribution in [0.3, 0.4) is 0 Å². The molecule has 0 fully saturated rings. The van der Waals surface area contributed by atoms with Crippen LogP contribution in [0.5, 0.6) is 0 Å². The number of hydrogen-bond donors (Lipinski definition) is 1. The molecule has 1 aliphatic rings. The van der Waals surface area contributed by atoms with Crippen molar-refractivity contribution < 1.29 is 0 Å². The standard InChI is InChI=1S/C19H17Cl2N3S/c20-15-4-2-12(10-16(15)21)13-3-5-17(14-6-9-25-19(13)14)24-11-18-22-7-1-8-23-18/h1-2,4,6-10,13,17,24H,3,5,11H2. The number of nitrogens with one attached hydrogen (secondary N) is 1. The lowest BCUT2D eigenvalue weighted by molar-refractivity contribution is 0.439. The van der Waals surface area contributed by atoms with Crippen LogP contribution in [0, 0.1) is 0 Å². The highest BCUT2D eigenvalue weighted by Crippen LogP contribution is 2.45. The lowest BCUT2D eigenvalue weighted by Crippen LogP contribution is -2.26. The van der Waals surface area contributed by atoms with Crippen LogP contribution in [0.15, 0.2) is 48.1 Å². The zero-order valence-electron chi connectivity index (χ0n) is 13.5. The number of fused-ring (bicyclic) bond motifs is 1. The second-order valence-corrected chi connectivity index (χ2v) is 7.90. The molecule has 2 unspecified atom stereocenters. The maximum absolute atomic E-state index is 6.23. The van der Waals surface area contributed by atoms with Gasteiger partial charge in [0.15, 0.2) is 0 Å². The summed E-state index contributed by atoms with van der Waals surface area (Å²) in [6, 6.07) is 10.4. The molecule has 1 aromatic carbocycles. The highest BCUT2D eigenvalue weighted by Gasteiger charge is 2.29. The van der Waals surface area contributed by atoms with Gasteiger partial charge >= 0.3 is 0 Å². The molecule has 0 saturated heterocycles. The van der Waals surface area contributed by atoms with Gasteiger partial charge in [-0.3, -0.25) is 0 Å². The van der Waals surface area contributed by atoms with E-state index < -0.39 is 0 Å². The SMILES string of the molecule is Clc1ccc(C2CCC(NCc3ncccn3)c3ccsc32)cc1Cl. The Morgan fingerprint density at radius 2 is 1.92 bits per heavy atom. The molecule has 2 atom stereocenters. The van der Waals surface area contributed by atoms with E-state index in [-0.39, 0.29) is 0 Å². The molecule has 0 amide bonds. The summed E-state index contributed by atoms with van der Waals surface area (Å²) in [7, 11) is 0. The summed E-state index contributed by atoms with van der Waals surface area (Å²) in [5.41, 5.74) is 2.62. The van der Waals surface area contributed by atoms with E-state index in [2.05, 4.69) is 32.8 Å². The van der Waals surface area contributed by atoms with Gasteiger partial charge in [0.2, 0.25) is 0 Å². The number of benzene rings is 1. The topological polar surface area (TPSA) is 37.8 Å². The van der Waals surface area contributed by atoms with Gasteiger partial charge in [-0.2, -0.15) is 0 Å². The van der Waals surface area contributed by atoms with Crippen molar-refractivity contribution >= 4 is 34.5 Å². The third-order valence-electron chi connectivity index (χ3n) is 4.63. The summed E-state index contributed by atoms with van der Waals surface area (Å²) in [6.07, 6.45) is 5.71. The van der Waals surface area contributed by atoms with Crippen LogP contribution in [0.2, 0.25) is 10.0 Å². The van der Waals surface area contributed by atoms with Gasteiger partial charge in [0.1, 0.15) is 5.82 Å². The first-order valence-electron chi connectivity index (χ1n) is 8.24. The van der Waals surface area contributed by atoms with E-state index in [0.717, 1.165) is 18.7 Å². The third-order valence-corrected chi connectivity index (χ3v) is 6.42. The Morgan fingerprint density at radius 1 is 1.08 bits per heavy atom. The Labute approximate surface area is 161 Å². The number of hydrogen-bond acceptors (Lipinski definition) is 4. The molecule has 0 spiro atoms. The zero-order valence-corrected chi connectivity index (χ0v) is 15.8. The summed E-state index contributed by atoms with van der Waals surface area (Å²) in [5.74, 6) is 1.21. The highest BCUT2D eigenvalue weighted by molar-refractivity contribution is 7.10. The highest BCUT2D eigenvalue weighted by atomic mass is 35.5. The van der Waals surface area contributed by atoms with E-state index >= 15 is 0 Å². The van der Waals surface area contributed by atoms with E-state index in [1.807, 2.05) is 29.5 Å². The molecular formula is C19H17Cl2N3S. The minimum Gasteiger partial charge on any atom is -0.303 e. The van der Waals surface area contributed by atoms with Crippen LogP contribution >= 0.6 is 34.5 Å². The predicted octanol–water partition coefficient (Wildman–Crippen LogP) is 5.60. The summed E-state index contributed by atoms with van der Waals surface area (Å²) >= 11 is 14.1. The molecule has 6 heteroatoms. The average molecular weight is 390 g/mol.